The molecule has 150 valence electrons. The summed E-state index contributed by atoms with van der Waals surface area (Å²) in [4.78, 5) is 5.00. The van der Waals surface area contributed by atoms with Gasteiger partial charge >= 0.3 is 0 Å². The first kappa shape index (κ1) is 21.5. The molecule has 3 aromatic rings. The van der Waals surface area contributed by atoms with Crippen molar-refractivity contribution in [1.82, 2.24) is 0 Å². The summed E-state index contributed by atoms with van der Waals surface area (Å²) in [7, 11) is 0.612. The first-order valence-electron chi connectivity index (χ1n) is 10.5. The number of nitrogens with zero attached hydrogens (tertiary/aromatic N) is 1. The molecule has 0 aliphatic rings. The average Bonchev–Trinajstić information content (AvgIpc) is 2.69. The lowest BCUT2D eigenvalue weighted by Gasteiger charge is -2.17. The third-order valence-corrected chi connectivity index (χ3v) is 7.13. The van der Waals surface area contributed by atoms with E-state index < -0.39 is 0 Å². The molecule has 0 fully saturated rings. The Balaban J connectivity index is 2.02. The van der Waals surface area contributed by atoms with E-state index in [4.69, 9.17) is 4.99 Å². The highest BCUT2D eigenvalue weighted by atomic mass is 31.1. The second-order valence-corrected chi connectivity index (χ2v) is 9.62. The van der Waals surface area contributed by atoms with Crippen molar-refractivity contribution in [3.8, 4) is 0 Å². The van der Waals surface area contributed by atoms with E-state index in [1.165, 1.54) is 38.4 Å². The SMILES string of the molecule is Cc1cccc(C)c1Pc1ccccc1N=Cc1c(C(C)C)cccc1C(C)C. The van der Waals surface area contributed by atoms with Crippen molar-refractivity contribution in [2.45, 2.75) is 53.4 Å². The zero-order valence-corrected chi connectivity index (χ0v) is 19.5. The van der Waals surface area contributed by atoms with Crippen molar-refractivity contribution in [2.24, 2.45) is 4.99 Å². The van der Waals surface area contributed by atoms with Crippen LogP contribution < -0.4 is 10.6 Å². The number of benzene rings is 3. The van der Waals surface area contributed by atoms with E-state index in [0.717, 1.165) is 5.69 Å². The molecule has 1 atom stereocenters. The molecular formula is C27H32NP. The van der Waals surface area contributed by atoms with E-state index in [-0.39, 0.29) is 0 Å². The number of para-hydroxylation sites is 1. The van der Waals surface area contributed by atoms with Crippen LogP contribution in [0.3, 0.4) is 0 Å². The third kappa shape index (κ3) is 5.03. The topological polar surface area (TPSA) is 12.4 Å². The monoisotopic (exact) mass is 401 g/mol. The lowest BCUT2D eigenvalue weighted by Crippen LogP contribution is -2.10. The van der Waals surface area contributed by atoms with Gasteiger partial charge in [-0.1, -0.05) is 90.9 Å². The van der Waals surface area contributed by atoms with E-state index >= 15 is 0 Å². The highest BCUT2D eigenvalue weighted by Crippen LogP contribution is 2.28. The molecule has 0 heterocycles. The number of rotatable bonds is 6. The molecule has 0 spiro atoms. The highest BCUT2D eigenvalue weighted by molar-refractivity contribution is 7.56. The van der Waals surface area contributed by atoms with Crippen molar-refractivity contribution < 1.29 is 0 Å². The van der Waals surface area contributed by atoms with Crippen LogP contribution in [-0.4, -0.2) is 6.21 Å². The Morgan fingerprint density at radius 1 is 0.724 bits per heavy atom. The summed E-state index contributed by atoms with van der Waals surface area (Å²) < 4.78 is 0. The molecule has 1 nitrogen and oxygen atoms in total. The third-order valence-electron chi connectivity index (χ3n) is 5.40. The van der Waals surface area contributed by atoms with Gasteiger partial charge in [-0.15, -0.1) is 0 Å². The van der Waals surface area contributed by atoms with Gasteiger partial charge in [0.25, 0.3) is 0 Å². The molecule has 3 rings (SSSR count). The Labute approximate surface area is 178 Å². The molecule has 29 heavy (non-hydrogen) atoms. The van der Waals surface area contributed by atoms with Gasteiger partial charge in [0, 0.05) is 11.5 Å². The molecule has 0 bridgehead atoms. The lowest BCUT2D eigenvalue weighted by molar-refractivity contribution is 0.830. The minimum Gasteiger partial charge on any atom is -0.256 e. The first-order chi connectivity index (χ1) is 13.9. The molecular weight excluding hydrogens is 369 g/mol. The van der Waals surface area contributed by atoms with Crippen LogP contribution >= 0.6 is 8.58 Å². The zero-order valence-electron chi connectivity index (χ0n) is 18.5. The maximum absolute atomic E-state index is 5.00. The zero-order chi connectivity index (χ0) is 21.0. The van der Waals surface area contributed by atoms with Gasteiger partial charge in [0.1, 0.15) is 0 Å². The van der Waals surface area contributed by atoms with Crippen LogP contribution in [0.5, 0.6) is 0 Å². The molecule has 0 saturated heterocycles. The van der Waals surface area contributed by atoms with Crippen LogP contribution in [0.2, 0.25) is 0 Å². The van der Waals surface area contributed by atoms with Crippen molar-refractivity contribution in [3.05, 3.63) is 88.5 Å². The minimum atomic E-state index is 0.474. The van der Waals surface area contributed by atoms with Crippen molar-refractivity contribution in [3.63, 3.8) is 0 Å². The summed E-state index contributed by atoms with van der Waals surface area (Å²) in [5, 5.41) is 2.73. The molecule has 0 radical (unpaired) electrons. The smallest absolute Gasteiger partial charge is 0.0707 e. The van der Waals surface area contributed by atoms with Crippen LogP contribution in [0.25, 0.3) is 0 Å². The molecule has 0 aliphatic carbocycles. The standard InChI is InChI=1S/C27H32NP/c1-18(2)22-13-10-14-23(19(3)4)24(22)17-28-25-15-7-8-16-26(25)29-27-20(5)11-9-12-21(27)6/h7-19,29H,1-6H3. The quantitative estimate of drug-likeness (QED) is 0.314. The fraction of sp³-hybridized carbons (Fsp3) is 0.296. The number of aryl methyl sites for hydroxylation is 2. The summed E-state index contributed by atoms with van der Waals surface area (Å²) in [6.45, 7) is 13.4. The number of hydrogen-bond acceptors (Lipinski definition) is 1. The van der Waals surface area contributed by atoms with Crippen LogP contribution in [0.4, 0.5) is 5.69 Å². The normalized spacial score (nSPS) is 12.1. The first-order valence-corrected chi connectivity index (χ1v) is 11.5. The van der Waals surface area contributed by atoms with E-state index in [0.29, 0.717) is 20.4 Å². The maximum atomic E-state index is 5.00. The van der Waals surface area contributed by atoms with Gasteiger partial charge in [-0.2, -0.15) is 0 Å². The largest absolute Gasteiger partial charge is 0.256 e. The van der Waals surface area contributed by atoms with Crippen molar-refractivity contribution in [1.29, 1.82) is 0 Å². The summed E-state index contributed by atoms with van der Waals surface area (Å²) >= 11 is 0. The Morgan fingerprint density at radius 2 is 1.28 bits per heavy atom. The highest BCUT2D eigenvalue weighted by Gasteiger charge is 2.12. The summed E-state index contributed by atoms with van der Waals surface area (Å²) in [5.41, 5.74) is 7.80. The van der Waals surface area contributed by atoms with Crippen LogP contribution in [0.1, 0.15) is 67.3 Å². The Kier molecular flexibility index (Phi) is 7.04. The van der Waals surface area contributed by atoms with Crippen molar-refractivity contribution in [2.75, 3.05) is 0 Å². The molecule has 3 aromatic carbocycles. The fourth-order valence-corrected chi connectivity index (χ4v) is 5.02. The Morgan fingerprint density at radius 3 is 1.86 bits per heavy atom. The predicted molar refractivity (Wildman–Crippen MR) is 132 cm³/mol. The van der Waals surface area contributed by atoms with Crippen LogP contribution in [-0.2, 0) is 0 Å². The second-order valence-electron chi connectivity index (χ2n) is 8.33. The molecule has 2 heteroatoms. The summed E-state index contributed by atoms with van der Waals surface area (Å²) in [6.07, 6.45) is 2.10. The molecule has 0 amide bonds. The van der Waals surface area contributed by atoms with Gasteiger partial charge in [0.15, 0.2) is 0 Å². The van der Waals surface area contributed by atoms with E-state index in [1.807, 2.05) is 0 Å². The maximum Gasteiger partial charge on any atom is 0.0707 e. The minimum absolute atomic E-state index is 0.474. The van der Waals surface area contributed by atoms with Gasteiger partial charge < -0.3 is 0 Å². The molecule has 0 saturated carbocycles. The fourth-order valence-electron chi connectivity index (χ4n) is 3.73. The second kappa shape index (κ2) is 9.51. The van der Waals surface area contributed by atoms with Gasteiger partial charge in [0.05, 0.1) is 5.69 Å². The van der Waals surface area contributed by atoms with E-state index in [2.05, 4.69) is 108 Å². The number of hydrogen-bond donors (Lipinski definition) is 0. The van der Waals surface area contributed by atoms with Gasteiger partial charge in [-0.05, 0) is 64.9 Å². The predicted octanol–water partition coefficient (Wildman–Crippen LogP) is 6.93. The van der Waals surface area contributed by atoms with Gasteiger partial charge in [0.2, 0.25) is 0 Å². The molecule has 0 N–H and O–H groups in total. The Hall–Kier alpha value is -2.24. The van der Waals surface area contributed by atoms with Crippen LogP contribution in [0, 0.1) is 13.8 Å². The average molecular weight is 402 g/mol. The van der Waals surface area contributed by atoms with E-state index in [1.54, 1.807) is 0 Å². The lowest BCUT2D eigenvalue weighted by atomic mass is 9.89. The van der Waals surface area contributed by atoms with Gasteiger partial charge in [-0.3, -0.25) is 4.99 Å². The summed E-state index contributed by atoms with van der Waals surface area (Å²) in [5.74, 6) is 0.948. The molecule has 1 unspecified atom stereocenters. The summed E-state index contributed by atoms with van der Waals surface area (Å²) in [6, 6.07) is 21.8. The van der Waals surface area contributed by atoms with Crippen molar-refractivity contribution >= 4 is 31.1 Å². The molecule has 0 aromatic heterocycles. The number of aliphatic imine (C=N–C) groups is 1. The van der Waals surface area contributed by atoms with Crippen LogP contribution in [0.15, 0.2) is 65.7 Å². The Bertz CT molecular complexity index is 968. The van der Waals surface area contributed by atoms with Gasteiger partial charge in [-0.25, -0.2) is 0 Å². The molecule has 0 aliphatic heterocycles. The van der Waals surface area contributed by atoms with E-state index in [9.17, 15) is 0 Å².